The number of hydrogen-bond donors (Lipinski definition) is 1. The maximum atomic E-state index is 13.5. The first kappa shape index (κ1) is 13.0. The van der Waals surface area contributed by atoms with Crippen LogP contribution in [-0.2, 0) is 0 Å². The third-order valence-corrected chi connectivity index (χ3v) is 2.58. The molecular formula is C14H14FN3O. The largest absolute Gasteiger partial charge is 0.362 e. The highest BCUT2D eigenvalue weighted by molar-refractivity contribution is 6.07. The van der Waals surface area contributed by atoms with E-state index < -0.39 is 5.82 Å². The van der Waals surface area contributed by atoms with Crippen LogP contribution < -0.4 is 10.2 Å². The van der Waals surface area contributed by atoms with E-state index in [9.17, 15) is 9.18 Å². The number of nitrogens with zero attached hydrogens (tertiary/aromatic N) is 2. The molecule has 0 aliphatic carbocycles. The molecule has 0 fully saturated rings. The minimum Gasteiger partial charge on any atom is -0.362 e. The van der Waals surface area contributed by atoms with Crippen molar-refractivity contribution < 1.29 is 9.18 Å². The van der Waals surface area contributed by atoms with Crippen LogP contribution in [0, 0.1) is 5.82 Å². The first-order valence-corrected chi connectivity index (χ1v) is 5.78. The van der Waals surface area contributed by atoms with Gasteiger partial charge in [0.05, 0.1) is 11.3 Å². The minimum atomic E-state index is -0.467. The number of aromatic nitrogens is 1. The summed E-state index contributed by atoms with van der Waals surface area (Å²) in [6, 6.07) is 9.36. The molecular weight excluding hydrogens is 245 g/mol. The number of rotatable bonds is 3. The molecule has 0 aliphatic heterocycles. The van der Waals surface area contributed by atoms with Crippen LogP contribution in [0.25, 0.3) is 0 Å². The summed E-state index contributed by atoms with van der Waals surface area (Å²) in [5.41, 5.74) is 0.553. The van der Waals surface area contributed by atoms with E-state index in [1.165, 1.54) is 12.1 Å². The van der Waals surface area contributed by atoms with Crippen molar-refractivity contribution in [3.05, 3.63) is 54.0 Å². The number of carbonyl (C=O) groups is 1. The third-order valence-electron chi connectivity index (χ3n) is 2.58. The Labute approximate surface area is 110 Å². The van der Waals surface area contributed by atoms with Gasteiger partial charge < -0.3 is 10.2 Å². The number of pyridine rings is 1. The lowest BCUT2D eigenvalue weighted by Gasteiger charge is -2.15. The van der Waals surface area contributed by atoms with Crippen molar-refractivity contribution >= 4 is 17.4 Å². The van der Waals surface area contributed by atoms with Gasteiger partial charge in [0.25, 0.3) is 5.91 Å². The van der Waals surface area contributed by atoms with Crippen LogP contribution in [0.2, 0.25) is 0 Å². The first-order valence-electron chi connectivity index (χ1n) is 5.78. The molecule has 0 atom stereocenters. The monoisotopic (exact) mass is 259 g/mol. The van der Waals surface area contributed by atoms with E-state index in [2.05, 4.69) is 10.3 Å². The van der Waals surface area contributed by atoms with E-state index in [-0.39, 0.29) is 11.6 Å². The Hall–Kier alpha value is -2.43. The summed E-state index contributed by atoms with van der Waals surface area (Å²) in [5.74, 6) is -0.315. The summed E-state index contributed by atoms with van der Waals surface area (Å²) in [7, 11) is 3.59. The molecule has 0 saturated carbocycles. The van der Waals surface area contributed by atoms with Gasteiger partial charge in [-0.2, -0.15) is 0 Å². The number of halogens is 1. The van der Waals surface area contributed by atoms with Gasteiger partial charge in [0.15, 0.2) is 0 Å². The molecule has 0 unspecified atom stereocenters. The number of para-hydroxylation sites is 1. The Balaban J connectivity index is 2.29. The van der Waals surface area contributed by atoms with Crippen LogP contribution in [0.4, 0.5) is 15.9 Å². The Morgan fingerprint density at radius 2 is 1.95 bits per heavy atom. The number of benzene rings is 1. The van der Waals surface area contributed by atoms with Gasteiger partial charge in [-0.15, -0.1) is 0 Å². The Morgan fingerprint density at radius 3 is 2.63 bits per heavy atom. The van der Waals surface area contributed by atoms with E-state index in [4.69, 9.17) is 0 Å². The maximum absolute atomic E-state index is 13.5. The summed E-state index contributed by atoms with van der Waals surface area (Å²) in [6.07, 6.45) is 1.61. The molecule has 0 saturated heterocycles. The fourth-order valence-electron chi connectivity index (χ4n) is 1.68. The number of nitrogens with one attached hydrogen (secondary N) is 1. The lowest BCUT2D eigenvalue weighted by molar-refractivity contribution is 0.102. The molecule has 1 N–H and O–H groups in total. The normalized spacial score (nSPS) is 10.1. The standard InChI is InChI=1S/C14H14FN3O/c1-18(2)13-10(6-5-9-16-13)14(19)17-12-8-4-3-7-11(12)15/h3-9H,1-2H3,(H,17,19). The van der Waals surface area contributed by atoms with Crippen LogP contribution in [0.3, 0.4) is 0 Å². The lowest BCUT2D eigenvalue weighted by atomic mass is 10.2. The van der Waals surface area contributed by atoms with E-state index in [0.717, 1.165) is 0 Å². The molecule has 0 radical (unpaired) electrons. The smallest absolute Gasteiger partial charge is 0.259 e. The Bertz CT molecular complexity index is 599. The summed E-state index contributed by atoms with van der Waals surface area (Å²) in [6.45, 7) is 0. The summed E-state index contributed by atoms with van der Waals surface area (Å²) >= 11 is 0. The van der Waals surface area contributed by atoms with Crippen molar-refractivity contribution in [1.29, 1.82) is 0 Å². The van der Waals surface area contributed by atoms with Gasteiger partial charge in [-0.1, -0.05) is 12.1 Å². The zero-order valence-corrected chi connectivity index (χ0v) is 10.7. The molecule has 1 amide bonds. The number of hydrogen-bond acceptors (Lipinski definition) is 3. The second kappa shape index (κ2) is 5.48. The summed E-state index contributed by atoms with van der Waals surface area (Å²) in [4.78, 5) is 18.0. The van der Waals surface area contributed by atoms with Gasteiger partial charge in [-0.3, -0.25) is 4.79 Å². The van der Waals surface area contributed by atoms with Crippen LogP contribution in [0.1, 0.15) is 10.4 Å². The Kier molecular flexibility index (Phi) is 3.75. The average molecular weight is 259 g/mol. The molecule has 2 rings (SSSR count). The Morgan fingerprint density at radius 1 is 1.21 bits per heavy atom. The molecule has 19 heavy (non-hydrogen) atoms. The molecule has 98 valence electrons. The van der Waals surface area contributed by atoms with Crippen molar-refractivity contribution in [2.75, 3.05) is 24.3 Å². The second-order valence-corrected chi connectivity index (χ2v) is 4.20. The molecule has 1 aromatic heterocycles. The topological polar surface area (TPSA) is 45.2 Å². The van der Waals surface area contributed by atoms with E-state index in [0.29, 0.717) is 11.4 Å². The van der Waals surface area contributed by atoms with E-state index in [1.807, 2.05) is 0 Å². The fraction of sp³-hybridized carbons (Fsp3) is 0.143. The van der Waals surface area contributed by atoms with E-state index in [1.54, 1.807) is 49.5 Å². The van der Waals surface area contributed by atoms with Gasteiger partial charge in [-0.05, 0) is 24.3 Å². The highest BCUT2D eigenvalue weighted by Gasteiger charge is 2.14. The van der Waals surface area contributed by atoms with Crippen LogP contribution in [0.5, 0.6) is 0 Å². The molecule has 0 aliphatic rings. The average Bonchev–Trinajstić information content (AvgIpc) is 2.41. The highest BCUT2D eigenvalue weighted by atomic mass is 19.1. The maximum Gasteiger partial charge on any atom is 0.259 e. The predicted molar refractivity (Wildman–Crippen MR) is 72.9 cm³/mol. The van der Waals surface area contributed by atoms with Crippen molar-refractivity contribution in [2.45, 2.75) is 0 Å². The molecule has 2 aromatic rings. The van der Waals surface area contributed by atoms with Gasteiger partial charge in [0.2, 0.25) is 0 Å². The van der Waals surface area contributed by atoms with Crippen LogP contribution in [-0.4, -0.2) is 25.0 Å². The van der Waals surface area contributed by atoms with Crippen molar-refractivity contribution in [3.8, 4) is 0 Å². The van der Waals surface area contributed by atoms with E-state index >= 15 is 0 Å². The van der Waals surface area contributed by atoms with Crippen molar-refractivity contribution in [1.82, 2.24) is 4.98 Å². The molecule has 0 spiro atoms. The van der Waals surface area contributed by atoms with Crippen LogP contribution in [0.15, 0.2) is 42.6 Å². The fourth-order valence-corrected chi connectivity index (χ4v) is 1.68. The summed E-state index contributed by atoms with van der Waals surface area (Å²) < 4.78 is 13.5. The highest BCUT2D eigenvalue weighted by Crippen LogP contribution is 2.18. The minimum absolute atomic E-state index is 0.154. The number of amides is 1. The first-order chi connectivity index (χ1) is 9.09. The second-order valence-electron chi connectivity index (χ2n) is 4.20. The van der Waals surface area contributed by atoms with Gasteiger partial charge in [0, 0.05) is 20.3 Å². The summed E-state index contributed by atoms with van der Waals surface area (Å²) in [5, 5.41) is 2.54. The lowest BCUT2D eigenvalue weighted by Crippen LogP contribution is -2.20. The SMILES string of the molecule is CN(C)c1ncccc1C(=O)Nc1ccccc1F. The van der Waals surface area contributed by atoms with Gasteiger partial charge in [-0.25, -0.2) is 9.37 Å². The van der Waals surface area contributed by atoms with Gasteiger partial charge >= 0.3 is 0 Å². The molecule has 5 heteroatoms. The van der Waals surface area contributed by atoms with Crippen molar-refractivity contribution in [3.63, 3.8) is 0 Å². The molecule has 4 nitrogen and oxygen atoms in total. The quantitative estimate of drug-likeness (QED) is 0.921. The molecule has 1 heterocycles. The van der Waals surface area contributed by atoms with Crippen LogP contribution >= 0.6 is 0 Å². The zero-order valence-electron chi connectivity index (χ0n) is 10.7. The zero-order chi connectivity index (χ0) is 13.8. The number of anilines is 2. The predicted octanol–water partition coefficient (Wildman–Crippen LogP) is 2.54. The third kappa shape index (κ3) is 2.88. The van der Waals surface area contributed by atoms with Gasteiger partial charge in [0.1, 0.15) is 11.6 Å². The molecule has 1 aromatic carbocycles. The van der Waals surface area contributed by atoms with Crippen molar-refractivity contribution in [2.24, 2.45) is 0 Å². The number of carbonyl (C=O) groups excluding carboxylic acids is 1. The molecule has 0 bridgehead atoms.